The Morgan fingerprint density at radius 2 is 1.82 bits per heavy atom. The lowest BCUT2D eigenvalue weighted by Gasteiger charge is -2.06. The van der Waals surface area contributed by atoms with Crippen molar-refractivity contribution >= 4 is 11.8 Å². The highest BCUT2D eigenvalue weighted by atomic mass is 19.1. The highest BCUT2D eigenvalue weighted by molar-refractivity contribution is 6.02. The van der Waals surface area contributed by atoms with E-state index in [1.165, 1.54) is 13.8 Å². The van der Waals surface area contributed by atoms with Gasteiger partial charge in [0.2, 0.25) is 0 Å². The summed E-state index contributed by atoms with van der Waals surface area (Å²) in [6.07, 6.45) is -2.12. The molecule has 0 unspecified atom stereocenters. The minimum atomic E-state index is -2.12. The molecule has 0 aliphatic heterocycles. The number of esters is 1. The molecule has 0 amide bonds. The Labute approximate surface area is 64.5 Å². The van der Waals surface area contributed by atoms with Crippen molar-refractivity contribution in [2.45, 2.75) is 20.0 Å². The van der Waals surface area contributed by atoms with E-state index in [1.807, 2.05) is 0 Å². The van der Waals surface area contributed by atoms with Crippen LogP contribution in [-0.4, -0.2) is 25.0 Å². The first-order chi connectivity index (χ1) is 5.00. The molecule has 0 N–H and O–H groups in total. The Hall–Kier alpha value is -0.930. The van der Waals surface area contributed by atoms with Gasteiger partial charge in [-0.05, 0) is 0 Å². The molecule has 1 atom stereocenters. The van der Waals surface area contributed by atoms with Crippen LogP contribution in [0.2, 0.25) is 0 Å². The van der Waals surface area contributed by atoms with Crippen LogP contribution in [-0.2, 0) is 14.3 Å². The maximum absolute atomic E-state index is 12.6. The van der Waals surface area contributed by atoms with Crippen molar-refractivity contribution in [3.63, 3.8) is 0 Å². The Balaban J connectivity index is 4.13. The number of hydrogen-bond donors (Lipinski definition) is 0. The van der Waals surface area contributed by atoms with Gasteiger partial charge in [-0.3, -0.25) is 4.79 Å². The highest BCUT2D eigenvalue weighted by Crippen LogP contribution is 2.04. The predicted octanol–water partition coefficient (Wildman–Crippen LogP) is 0.723. The van der Waals surface area contributed by atoms with Crippen molar-refractivity contribution in [2.24, 2.45) is 5.92 Å². The molecule has 0 fully saturated rings. The lowest BCUT2D eigenvalue weighted by molar-refractivity contribution is -0.151. The van der Waals surface area contributed by atoms with Crippen LogP contribution in [0.25, 0.3) is 0 Å². The molecule has 0 aliphatic carbocycles. The third-order valence-corrected chi connectivity index (χ3v) is 1.23. The van der Waals surface area contributed by atoms with Crippen molar-refractivity contribution in [2.75, 3.05) is 7.11 Å². The summed E-state index contributed by atoms with van der Waals surface area (Å²) in [5.41, 5.74) is 0. The van der Waals surface area contributed by atoms with Crippen LogP contribution in [0.3, 0.4) is 0 Å². The van der Waals surface area contributed by atoms with E-state index in [9.17, 15) is 14.0 Å². The van der Waals surface area contributed by atoms with Gasteiger partial charge >= 0.3 is 5.97 Å². The van der Waals surface area contributed by atoms with Crippen LogP contribution >= 0.6 is 0 Å². The first-order valence-electron chi connectivity index (χ1n) is 3.26. The molecular formula is C7H11FO3. The molecule has 0 rings (SSSR count). The zero-order valence-electron chi connectivity index (χ0n) is 6.76. The molecule has 0 heterocycles. The smallest absolute Gasteiger partial charge is 0.348 e. The number of methoxy groups -OCH3 is 1. The average molecular weight is 162 g/mol. The van der Waals surface area contributed by atoms with E-state index in [2.05, 4.69) is 4.74 Å². The number of halogens is 1. The number of ether oxygens (including phenoxy) is 1. The summed E-state index contributed by atoms with van der Waals surface area (Å²) in [6.45, 7) is 3.05. The fourth-order valence-electron chi connectivity index (χ4n) is 0.512. The second kappa shape index (κ2) is 4.05. The van der Waals surface area contributed by atoms with Crippen molar-refractivity contribution < 1.29 is 18.7 Å². The standard InChI is InChI=1S/C7H11FO3/c1-4(2)6(9)5(8)7(10)11-3/h4-5H,1-3H3/t5-/m1/s1. The van der Waals surface area contributed by atoms with Crippen LogP contribution in [0.5, 0.6) is 0 Å². The van der Waals surface area contributed by atoms with Gasteiger partial charge in [0.05, 0.1) is 7.11 Å². The molecule has 0 spiro atoms. The molecule has 0 aliphatic rings. The maximum atomic E-state index is 12.6. The van der Waals surface area contributed by atoms with Crippen molar-refractivity contribution in [3.05, 3.63) is 0 Å². The van der Waals surface area contributed by atoms with Gasteiger partial charge in [0.15, 0.2) is 5.78 Å². The van der Waals surface area contributed by atoms with Gasteiger partial charge in [-0.25, -0.2) is 9.18 Å². The van der Waals surface area contributed by atoms with Crippen LogP contribution in [0.4, 0.5) is 4.39 Å². The zero-order valence-corrected chi connectivity index (χ0v) is 6.76. The first-order valence-corrected chi connectivity index (χ1v) is 3.26. The van der Waals surface area contributed by atoms with Gasteiger partial charge in [0.1, 0.15) is 0 Å². The zero-order chi connectivity index (χ0) is 9.02. The number of carbonyl (C=O) groups is 2. The van der Waals surface area contributed by atoms with Crippen LogP contribution in [0.15, 0.2) is 0 Å². The Morgan fingerprint density at radius 1 is 1.36 bits per heavy atom. The van der Waals surface area contributed by atoms with E-state index in [1.54, 1.807) is 0 Å². The molecule has 4 heteroatoms. The highest BCUT2D eigenvalue weighted by Gasteiger charge is 2.28. The largest absolute Gasteiger partial charge is 0.467 e. The Kier molecular flexibility index (Phi) is 3.71. The minimum Gasteiger partial charge on any atom is -0.467 e. The summed E-state index contributed by atoms with van der Waals surface area (Å²) in [6, 6.07) is 0. The topological polar surface area (TPSA) is 43.4 Å². The Bertz CT molecular complexity index is 165. The van der Waals surface area contributed by atoms with E-state index in [4.69, 9.17) is 0 Å². The second-order valence-corrected chi connectivity index (χ2v) is 2.44. The fourth-order valence-corrected chi connectivity index (χ4v) is 0.512. The van der Waals surface area contributed by atoms with Crippen molar-refractivity contribution in [1.82, 2.24) is 0 Å². The van der Waals surface area contributed by atoms with Gasteiger partial charge < -0.3 is 4.74 Å². The third kappa shape index (κ3) is 2.65. The number of ketones is 1. The third-order valence-electron chi connectivity index (χ3n) is 1.23. The first kappa shape index (κ1) is 10.1. The van der Waals surface area contributed by atoms with E-state index in [0.29, 0.717) is 0 Å². The molecule has 0 aromatic carbocycles. The number of rotatable bonds is 3. The monoisotopic (exact) mass is 162 g/mol. The van der Waals surface area contributed by atoms with Crippen LogP contribution in [0.1, 0.15) is 13.8 Å². The van der Waals surface area contributed by atoms with Gasteiger partial charge in [0.25, 0.3) is 6.17 Å². The van der Waals surface area contributed by atoms with Gasteiger partial charge in [-0.2, -0.15) is 0 Å². The number of carbonyl (C=O) groups excluding carboxylic acids is 2. The second-order valence-electron chi connectivity index (χ2n) is 2.44. The number of Topliss-reactive ketones (excluding diaryl/α,β-unsaturated/α-hetero) is 1. The van der Waals surface area contributed by atoms with E-state index in [0.717, 1.165) is 7.11 Å². The molecule has 3 nitrogen and oxygen atoms in total. The Morgan fingerprint density at radius 3 is 2.09 bits per heavy atom. The summed E-state index contributed by atoms with van der Waals surface area (Å²) >= 11 is 0. The van der Waals surface area contributed by atoms with E-state index < -0.39 is 23.8 Å². The van der Waals surface area contributed by atoms with Crippen molar-refractivity contribution in [3.8, 4) is 0 Å². The quantitative estimate of drug-likeness (QED) is 0.453. The molecule has 0 aromatic heterocycles. The maximum Gasteiger partial charge on any atom is 0.348 e. The summed E-state index contributed by atoms with van der Waals surface area (Å²) in [5, 5.41) is 0. The summed E-state index contributed by atoms with van der Waals surface area (Å²) in [4.78, 5) is 21.2. The molecule has 0 bridgehead atoms. The van der Waals surface area contributed by atoms with Gasteiger partial charge in [-0.15, -0.1) is 0 Å². The predicted molar refractivity (Wildman–Crippen MR) is 36.8 cm³/mol. The van der Waals surface area contributed by atoms with E-state index >= 15 is 0 Å². The average Bonchev–Trinajstić information content (AvgIpc) is 2.00. The number of alkyl halides is 1. The van der Waals surface area contributed by atoms with Crippen LogP contribution in [0, 0.1) is 5.92 Å². The molecular weight excluding hydrogens is 151 g/mol. The normalized spacial score (nSPS) is 12.8. The lowest BCUT2D eigenvalue weighted by atomic mass is 10.1. The summed E-state index contributed by atoms with van der Waals surface area (Å²) < 4.78 is 16.7. The molecule has 0 radical (unpaired) electrons. The van der Waals surface area contributed by atoms with Gasteiger partial charge in [0, 0.05) is 5.92 Å². The summed E-state index contributed by atoms with van der Waals surface area (Å²) in [5.74, 6) is -2.34. The fraction of sp³-hybridized carbons (Fsp3) is 0.714. The SMILES string of the molecule is COC(=O)[C@H](F)C(=O)C(C)C. The van der Waals surface area contributed by atoms with E-state index in [-0.39, 0.29) is 0 Å². The summed E-state index contributed by atoms with van der Waals surface area (Å²) in [7, 11) is 1.04. The van der Waals surface area contributed by atoms with Gasteiger partial charge in [-0.1, -0.05) is 13.8 Å². The molecule has 0 aromatic rings. The van der Waals surface area contributed by atoms with Crippen LogP contribution < -0.4 is 0 Å². The van der Waals surface area contributed by atoms with Crippen molar-refractivity contribution in [1.29, 1.82) is 0 Å². The molecule has 11 heavy (non-hydrogen) atoms. The lowest BCUT2D eigenvalue weighted by Crippen LogP contribution is -2.30. The minimum absolute atomic E-state index is 0.482. The molecule has 0 saturated heterocycles. The molecule has 0 saturated carbocycles. The molecule has 64 valence electrons. The number of hydrogen-bond acceptors (Lipinski definition) is 3.